The van der Waals surface area contributed by atoms with Crippen molar-refractivity contribution in [2.24, 2.45) is 0 Å². The van der Waals surface area contributed by atoms with E-state index in [0.29, 0.717) is 5.69 Å². The van der Waals surface area contributed by atoms with Crippen molar-refractivity contribution in [3.8, 4) is 0 Å². The van der Waals surface area contributed by atoms with E-state index >= 15 is 0 Å². The van der Waals surface area contributed by atoms with Gasteiger partial charge >= 0.3 is 5.97 Å². The van der Waals surface area contributed by atoms with Gasteiger partial charge < -0.3 is 9.67 Å². The summed E-state index contributed by atoms with van der Waals surface area (Å²) in [5.41, 5.74) is 1.29. The maximum Gasteiger partial charge on any atom is 0.337 e. The zero-order chi connectivity index (χ0) is 14.9. The molecule has 1 aromatic carbocycles. The van der Waals surface area contributed by atoms with Gasteiger partial charge in [0.1, 0.15) is 0 Å². The molecule has 1 heterocycles. The lowest BCUT2D eigenvalue weighted by Crippen LogP contribution is -2.28. The number of hydrogen-bond acceptors (Lipinski definition) is 2. The Kier molecular flexibility index (Phi) is 4.09. The van der Waals surface area contributed by atoms with Crippen LogP contribution in [0, 0.1) is 6.92 Å². The summed E-state index contributed by atoms with van der Waals surface area (Å²) in [7, 11) is 0. The Morgan fingerprint density at radius 1 is 1.30 bits per heavy atom. The van der Waals surface area contributed by atoms with Crippen molar-refractivity contribution >= 4 is 21.9 Å². The summed E-state index contributed by atoms with van der Waals surface area (Å²) < 4.78 is 1.76. The topological polar surface area (TPSA) is 59.3 Å². The minimum Gasteiger partial charge on any atom is -0.478 e. The van der Waals surface area contributed by atoms with Gasteiger partial charge in [0.2, 0.25) is 0 Å². The molecule has 1 aromatic heterocycles. The second-order valence-corrected chi connectivity index (χ2v) is 5.41. The van der Waals surface area contributed by atoms with Crippen LogP contribution in [-0.4, -0.2) is 15.6 Å². The molecule has 0 aliphatic rings. The number of hydrogen-bond donors (Lipinski definition) is 1. The van der Waals surface area contributed by atoms with E-state index in [0.717, 1.165) is 5.56 Å². The Morgan fingerprint density at radius 2 is 1.90 bits per heavy atom. The molecule has 0 fully saturated rings. The van der Waals surface area contributed by atoms with Gasteiger partial charge in [-0.1, -0.05) is 30.3 Å². The molecule has 1 atom stereocenters. The van der Waals surface area contributed by atoms with E-state index in [1.54, 1.807) is 6.92 Å². The quantitative estimate of drug-likeness (QED) is 0.936. The zero-order valence-corrected chi connectivity index (χ0v) is 12.7. The molecule has 0 spiro atoms. The van der Waals surface area contributed by atoms with Crippen LogP contribution in [-0.2, 0) is 0 Å². The van der Waals surface area contributed by atoms with Crippen LogP contribution >= 0.6 is 15.9 Å². The van der Waals surface area contributed by atoms with E-state index in [9.17, 15) is 14.7 Å². The zero-order valence-electron chi connectivity index (χ0n) is 11.1. The molecule has 4 nitrogen and oxygen atoms in total. The van der Waals surface area contributed by atoms with Gasteiger partial charge in [-0.25, -0.2) is 4.79 Å². The molecule has 0 unspecified atom stereocenters. The Bertz CT molecular complexity index is 707. The number of benzene rings is 1. The maximum absolute atomic E-state index is 12.3. The van der Waals surface area contributed by atoms with Crippen LogP contribution in [0.15, 0.2) is 45.7 Å². The molecule has 0 bridgehead atoms. The van der Waals surface area contributed by atoms with Crippen LogP contribution in [0.4, 0.5) is 0 Å². The first-order valence-electron chi connectivity index (χ1n) is 6.13. The van der Waals surface area contributed by atoms with E-state index in [4.69, 9.17) is 0 Å². The van der Waals surface area contributed by atoms with Crippen LogP contribution < -0.4 is 5.56 Å². The third-order valence-electron chi connectivity index (χ3n) is 3.34. The lowest BCUT2D eigenvalue weighted by Gasteiger charge is -2.20. The smallest absolute Gasteiger partial charge is 0.337 e. The number of carbonyl (C=O) groups is 1. The van der Waals surface area contributed by atoms with Crippen molar-refractivity contribution in [2.75, 3.05) is 0 Å². The van der Waals surface area contributed by atoms with Crippen LogP contribution in [0.1, 0.15) is 34.6 Å². The van der Waals surface area contributed by atoms with Gasteiger partial charge in [-0.2, -0.15) is 0 Å². The van der Waals surface area contributed by atoms with Crippen LogP contribution in [0.5, 0.6) is 0 Å². The van der Waals surface area contributed by atoms with Crippen LogP contribution in [0.3, 0.4) is 0 Å². The minimum absolute atomic E-state index is 0.124. The summed E-state index contributed by atoms with van der Waals surface area (Å²) in [6, 6.07) is 10.6. The Hall–Kier alpha value is -1.88. The molecule has 0 aliphatic carbocycles. The average Bonchev–Trinajstić information content (AvgIpc) is 2.43. The summed E-state index contributed by atoms with van der Waals surface area (Å²) >= 11 is 3.14. The summed E-state index contributed by atoms with van der Waals surface area (Å²) in [6.45, 7) is 3.53. The highest BCUT2D eigenvalue weighted by atomic mass is 79.9. The third-order valence-corrected chi connectivity index (χ3v) is 3.91. The summed E-state index contributed by atoms with van der Waals surface area (Å²) in [5, 5.41) is 9.22. The molecule has 0 saturated carbocycles. The van der Waals surface area contributed by atoms with Gasteiger partial charge in [0, 0.05) is 5.69 Å². The highest BCUT2D eigenvalue weighted by Gasteiger charge is 2.19. The second kappa shape index (κ2) is 5.63. The molecular formula is C15H14BrNO3. The van der Waals surface area contributed by atoms with E-state index < -0.39 is 5.97 Å². The van der Waals surface area contributed by atoms with Crippen molar-refractivity contribution in [3.05, 3.63) is 68.0 Å². The Morgan fingerprint density at radius 3 is 2.45 bits per heavy atom. The van der Waals surface area contributed by atoms with Crippen molar-refractivity contribution < 1.29 is 9.90 Å². The second-order valence-electron chi connectivity index (χ2n) is 4.56. The molecule has 20 heavy (non-hydrogen) atoms. The van der Waals surface area contributed by atoms with Gasteiger partial charge in [0.15, 0.2) is 0 Å². The maximum atomic E-state index is 12.3. The molecule has 104 valence electrons. The summed E-state index contributed by atoms with van der Waals surface area (Å²) in [4.78, 5) is 23.6. The van der Waals surface area contributed by atoms with Crippen molar-refractivity contribution in [3.63, 3.8) is 0 Å². The molecular weight excluding hydrogens is 322 g/mol. The number of halogens is 1. The van der Waals surface area contributed by atoms with E-state index in [1.165, 1.54) is 10.6 Å². The number of aromatic nitrogens is 1. The molecule has 2 rings (SSSR count). The summed E-state index contributed by atoms with van der Waals surface area (Å²) in [5.74, 6) is -1.04. The summed E-state index contributed by atoms with van der Waals surface area (Å²) in [6.07, 6.45) is 0. The van der Waals surface area contributed by atoms with E-state index in [1.807, 2.05) is 37.3 Å². The number of carboxylic acids is 1. The Balaban J connectivity index is 2.68. The lowest BCUT2D eigenvalue weighted by atomic mass is 10.1. The lowest BCUT2D eigenvalue weighted by molar-refractivity contribution is 0.0694. The molecule has 0 saturated heterocycles. The highest BCUT2D eigenvalue weighted by molar-refractivity contribution is 9.10. The fourth-order valence-corrected chi connectivity index (χ4v) is 2.67. The fraction of sp³-hybridized carbons (Fsp3) is 0.200. The Labute approximate surface area is 124 Å². The predicted molar refractivity (Wildman–Crippen MR) is 80.4 cm³/mol. The van der Waals surface area contributed by atoms with E-state index in [-0.39, 0.29) is 21.6 Å². The normalized spacial score (nSPS) is 12.2. The van der Waals surface area contributed by atoms with Crippen LogP contribution in [0.2, 0.25) is 0 Å². The third kappa shape index (κ3) is 2.54. The van der Waals surface area contributed by atoms with Crippen molar-refractivity contribution in [1.29, 1.82) is 0 Å². The average molecular weight is 336 g/mol. The van der Waals surface area contributed by atoms with E-state index in [2.05, 4.69) is 15.9 Å². The number of pyridine rings is 1. The number of nitrogens with zero attached hydrogens (tertiary/aromatic N) is 1. The fourth-order valence-electron chi connectivity index (χ4n) is 2.25. The SMILES string of the molecule is Cc1c(C(=O)O)cc(Br)c(=O)n1[C@@H](C)c1ccccc1. The van der Waals surface area contributed by atoms with Crippen molar-refractivity contribution in [1.82, 2.24) is 4.57 Å². The molecule has 1 N–H and O–H groups in total. The first-order valence-corrected chi connectivity index (χ1v) is 6.92. The van der Waals surface area contributed by atoms with Crippen LogP contribution in [0.25, 0.3) is 0 Å². The van der Waals surface area contributed by atoms with Gasteiger partial charge in [0.05, 0.1) is 16.1 Å². The molecule has 0 aliphatic heterocycles. The van der Waals surface area contributed by atoms with Gasteiger partial charge in [-0.3, -0.25) is 4.79 Å². The number of carboxylic acid groups (broad SMARTS) is 1. The van der Waals surface area contributed by atoms with Gasteiger partial charge in [-0.15, -0.1) is 0 Å². The standard InChI is InChI=1S/C15H14BrNO3/c1-9(11-6-4-3-5-7-11)17-10(2)12(15(19)20)8-13(16)14(17)18/h3-9H,1-2H3,(H,19,20)/t9-/m0/s1. The highest BCUT2D eigenvalue weighted by Crippen LogP contribution is 2.21. The van der Waals surface area contributed by atoms with Gasteiger partial charge in [0.25, 0.3) is 5.56 Å². The first-order chi connectivity index (χ1) is 9.43. The molecule has 0 radical (unpaired) electrons. The number of rotatable bonds is 3. The van der Waals surface area contributed by atoms with Crippen molar-refractivity contribution in [2.45, 2.75) is 19.9 Å². The molecule has 2 aromatic rings. The largest absolute Gasteiger partial charge is 0.478 e. The predicted octanol–water partition coefficient (Wildman–Crippen LogP) is 3.23. The minimum atomic E-state index is -1.04. The first kappa shape index (κ1) is 14.5. The molecule has 0 amide bonds. The molecule has 5 heteroatoms. The van der Waals surface area contributed by atoms with Gasteiger partial charge in [-0.05, 0) is 41.4 Å². The monoisotopic (exact) mass is 335 g/mol. The number of aromatic carboxylic acids is 1.